The molecule has 0 radical (unpaired) electrons. The van der Waals surface area contributed by atoms with Crippen molar-refractivity contribution in [3.05, 3.63) is 107 Å². The number of carbonyl (C=O) groups excluding carboxylic acids is 4. The molecule has 2 aliphatic rings. The van der Waals surface area contributed by atoms with E-state index in [0.29, 0.717) is 0 Å². The topological polar surface area (TPSA) is 183 Å². The number of ether oxygens (including phenoxy) is 8. The highest BCUT2D eigenvalue weighted by Crippen LogP contribution is 2.53. The molecule has 0 fully saturated rings. The molecule has 0 spiro atoms. The third-order valence-electron chi connectivity index (χ3n) is 8.68. The highest BCUT2D eigenvalue weighted by Gasteiger charge is 2.49. The van der Waals surface area contributed by atoms with Gasteiger partial charge in [0.25, 0.3) is 0 Å². The van der Waals surface area contributed by atoms with E-state index in [1.54, 1.807) is 0 Å². The van der Waals surface area contributed by atoms with Crippen LogP contribution < -0.4 is 28.4 Å². The van der Waals surface area contributed by atoms with Crippen molar-refractivity contribution in [2.75, 3.05) is 27.4 Å². The number of hydrogen-bond acceptors (Lipinski definition) is 14. The summed E-state index contributed by atoms with van der Waals surface area (Å²) in [5, 5.41) is 22.7. The Morgan fingerprint density at radius 2 is 0.870 bits per heavy atom. The van der Waals surface area contributed by atoms with Crippen LogP contribution in [0.15, 0.2) is 84.9 Å². The second-order valence-electron chi connectivity index (χ2n) is 12.3. The Morgan fingerprint density at radius 1 is 0.537 bits per heavy atom. The number of fused-ring (bicyclic) bond motifs is 2. The van der Waals surface area contributed by atoms with Crippen LogP contribution in [-0.2, 0) is 40.2 Å². The Hall–Kier alpha value is -5.80. The molecule has 6 rings (SSSR count). The fourth-order valence-corrected chi connectivity index (χ4v) is 6.35. The standard InChI is InChI=1S/2C20H20O7/c2*1-12(21)26-17-10-9-15-18(19(17)27-13(2)22)25-11-16(20(15,23)24-3)14-7-5-4-6-8-14/h2*4-10,16,23H,11H2,1-3H3. The predicted molar refractivity (Wildman–Crippen MR) is 189 cm³/mol. The minimum Gasteiger partial charge on any atom is -0.488 e. The van der Waals surface area contributed by atoms with Crippen LogP contribution in [0.25, 0.3) is 0 Å². The molecule has 0 aliphatic carbocycles. The Bertz CT molecular complexity index is 1870. The van der Waals surface area contributed by atoms with Gasteiger partial charge in [-0.1, -0.05) is 60.7 Å². The maximum Gasteiger partial charge on any atom is 0.308 e. The summed E-state index contributed by atoms with van der Waals surface area (Å²) in [4.78, 5) is 45.8. The quantitative estimate of drug-likeness (QED) is 0.140. The van der Waals surface area contributed by atoms with E-state index < -0.39 is 47.3 Å². The van der Waals surface area contributed by atoms with E-state index in [2.05, 4.69) is 0 Å². The van der Waals surface area contributed by atoms with E-state index in [0.717, 1.165) is 11.1 Å². The van der Waals surface area contributed by atoms with E-state index in [1.807, 2.05) is 60.7 Å². The van der Waals surface area contributed by atoms with Crippen LogP contribution in [0.5, 0.6) is 34.5 Å². The molecule has 2 aliphatic heterocycles. The average Bonchev–Trinajstić information content (AvgIpc) is 3.14. The predicted octanol–water partition coefficient (Wildman–Crippen LogP) is 5.01. The molecule has 0 saturated heterocycles. The first kappa shape index (κ1) is 39.4. The van der Waals surface area contributed by atoms with Crippen LogP contribution in [0.1, 0.15) is 61.8 Å². The smallest absolute Gasteiger partial charge is 0.308 e. The summed E-state index contributed by atoms with van der Waals surface area (Å²) >= 11 is 0. The summed E-state index contributed by atoms with van der Waals surface area (Å²) in [5.41, 5.74) is 2.20. The molecule has 4 atom stereocenters. The van der Waals surface area contributed by atoms with Crippen molar-refractivity contribution in [1.82, 2.24) is 0 Å². The summed E-state index contributed by atoms with van der Waals surface area (Å²) in [6.45, 7) is 5.03. The van der Waals surface area contributed by atoms with Crippen molar-refractivity contribution in [3.63, 3.8) is 0 Å². The minimum atomic E-state index is -1.72. The Kier molecular flexibility index (Phi) is 12.0. The first-order valence-corrected chi connectivity index (χ1v) is 16.7. The minimum absolute atomic E-state index is 0.0214. The van der Waals surface area contributed by atoms with Crippen LogP contribution in [0, 0.1) is 0 Å². The highest BCUT2D eigenvalue weighted by atomic mass is 16.6. The summed E-state index contributed by atoms with van der Waals surface area (Å²) in [6.07, 6.45) is 0. The zero-order chi connectivity index (χ0) is 39.2. The molecular formula is C40H40O14. The molecular weight excluding hydrogens is 704 g/mol. The van der Waals surface area contributed by atoms with Crippen LogP contribution >= 0.6 is 0 Å². The van der Waals surface area contributed by atoms with Crippen LogP contribution in [0.2, 0.25) is 0 Å². The van der Waals surface area contributed by atoms with Crippen molar-refractivity contribution in [3.8, 4) is 34.5 Å². The van der Waals surface area contributed by atoms with Crippen molar-refractivity contribution in [2.24, 2.45) is 0 Å². The normalized spacial score (nSPS) is 21.0. The second kappa shape index (κ2) is 16.5. The molecule has 0 saturated carbocycles. The first-order valence-electron chi connectivity index (χ1n) is 16.7. The molecule has 54 heavy (non-hydrogen) atoms. The maximum absolute atomic E-state index is 11.5. The number of hydrogen-bond donors (Lipinski definition) is 2. The van der Waals surface area contributed by atoms with Gasteiger partial charge in [-0.3, -0.25) is 19.2 Å². The molecule has 2 heterocycles. The number of esters is 4. The number of rotatable bonds is 8. The lowest BCUT2D eigenvalue weighted by Gasteiger charge is -2.40. The van der Waals surface area contributed by atoms with Gasteiger partial charge in [0.15, 0.2) is 23.0 Å². The van der Waals surface area contributed by atoms with E-state index in [1.165, 1.54) is 66.2 Å². The molecule has 0 aromatic heterocycles. The van der Waals surface area contributed by atoms with Crippen molar-refractivity contribution < 1.29 is 67.3 Å². The zero-order valence-electron chi connectivity index (χ0n) is 30.4. The third-order valence-corrected chi connectivity index (χ3v) is 8.68. The lowest BCUT2D eigenvalue weighted by molar-refractivity contribution is -0.224. The molecule has 4 unspecified atom stereocenters. The average molecular weight is 745 g/mol. The monoisotopic (exact) mass is 744 g/mol. The summed E-state index contributed by atoms with van der Waals surface area (Å²) in [5.74, 6) is -6.78. The van der Waals surface area contributed by atoms with Crippen LogP contribution in [-0.4, -0.2) is 61.5 Å². The zero-order valence-corrected chi connectivity index (χ0v) is 30.4. The lowest BCUT2D eigenvalue weighted by Crippen LogP contribution is -2.42. The molecule has 2 N–H and O–H groups in total. The van der Waals surface area contributed by atoms with Gasteiger partial charge in [0.2, 0.25) is 23.1 Å². The van der Waals surface area contributed by atoms with Crippen molar-refractivity contribution >= 4 is 23.9 Å². The summed E-state index contributed by atoms with van der Waals surface area (Å²) in [6, 6.07) is 24.5. The highest BCUT2D eigenvalue weighted by molar-refractivity contribution is 5.77. The van der Waals surface area contributed by atoms with E-state index >= 15 is 0 Å². The molecule has 14 heteroatoms. The molecule has 4 aromatic rings. The maximum atomic E-state index is 11.5. The van der Waals surface area contributed by atoms with Gasteiger partial charge in [-0.2, -0.15) is 0 Å². The summed E-state index contributed by atoms with van der Waals surface area (Å²) in [7, 11) is 2.77. The van der Waals surface area contributed by atoms with Crippen molar-refractivity contribution in [1.29, 1.82) is 0 Å². The van der Waals surface area contributed by atoms with Gasteiger partial charge in [0, 0.05) is 41.9 Å². The van der Waals surface area contributed by atoms with Crippen molar-refractivity contribution in [2.45, 2.75) is 51.1 Å². The largest absolute Gasteiger partial charge is 0.488 e. The van der Waals surface area contributed by atoms with Gasteiger partial charge in [0.1, 0.15) is 13.2 Å². The molecule has 14 nitrogen and oxygen atoms in total. The van der Waals surface area contributed by atoms with Crippen LogP contribution in [0.3, 0.4) is 0 Å². The number of carbonyl (C=O) groups is 4. The lowest BCUT2D eigenvalue weighted by atomic mass is 9.84. The molecule has 284 valence electrons. The number of benzene rings is 4. The van der Waals surface area contributed by atoms with Gasteiger partial charge < -0.3 is 48.1 Å². The van der Waals surface area contributed by atoms with Gasteiger partial charge in [-0.15, -0.1) is 0 Å². The Balaban J connectivity index is 0.000000208. The molecule has 4 aromatic carbocycles. The van der Waals surface area contributed by atoms with Gasteiger partial charge >= 0.3 is 23.9 Å². The fourth-order valence-electron chi connectivity index (χ4n) is 6.35. The summed E-state index contributed by atoms with van der Waals surface area (Å²) < 4.78 is 43.3. The molecule has 0 bridgehead atoms. The molecule has 0 amide bonds. The van der Waals surface area contributed by atoms with Gasteiger partial charge in [0.05, 0.1) is 23.0 Å². The SMILES string of the molecule is COC1(O)c2ccc(OC(C)=O)c(OC(C)=O)c2OCC1c1ccccc1.COC1(O)c2ccc(OC(C)=O)c(OC(C)=O)c2OCC1c1ccccc1. The number of aliphatic hydroxyl groups is 2. The van der Waals surface area contributed by atoms with Gasteiger partial charge in [-0.05, 0) is 35.4 Å². The third kappa shape index (κ3) is 8.06. The van der Waals surface area contributed by atoms with Gasteiger partial charge in [-0.25, -0.2) is 0 Å². The first-order chi connectivity index (χ1) is 25.7. The van der Waals surface area contributed by atoms with Crippen LogP contribution in [0.4, 0.5) is 0 Å². The number of methoxy groups -OCH3 is 2. The fraction of sp³-hybridized carbons (Fsp3) is 0.300. The van der Waals surface area contributed by atoms with E-state index in [9.17, 15) is 29.4 Å². The van der Waals surface area contributed by atoms with E-state index in [-0.39, 0.29) is 58.8 Å². The Morgan fingerprint density at radius 3 is 1.17 bits per heavy atom. The second-order valence-corrected chi connectivity index (χ2v) is 12.3. The Labute approximate surface area is 311 Å². The van der Waals surface area contributed by atoms with E-state index in [4.69, 9.17) is 37.9 Å².